The molecule has 3 nitrogen and oxygen atoms in total. The van der Waals surface area contributed by atoms with Gasteiger partial charge in [0.1, 0.15) is 6.10 Å². The number of hydrogen-bond acceptors (Lipinski definition) is 2. The summed E-state index contributed by atoms with van der Waals surface area (Å²) in [6.45, 7) is 6.94. The average Bonchev–Trinajstić information content (AvgIpc) is 1.78. The van der Waals surface area contributed by atoms with Gasteiger partial charge in [-0.25, -0.2) is 0 Å². The highest BCUT2D eigenvalue weighted by Crippen LogP contribution is 2.10. The number of hydrogen-bond donors (Lipinski definition) is 1. The highest BCUT2D eigenvalue weighted by Gasteiger charge is 2.32. The lowest BCUT2D eigenvalue weighted by Crippen LogP contribution is -2.57. The molecule has 1 unspecified atom stereocenters. The fraction of sp³-hybridized carbons (Fsp3) is 0.833. The predicted molar refractivity (Wildman–Crippen MR) is 41.2 cm³/mol. The number of carbonyl (C=O) groups is 1. The van der Waals surface area contributed by atoms with Crippen molar-refractivity contribution in [1.82, 2.24) is 5.32 Å². The summed E-state index contributed by atoms with van der Waals surface area (Å²) in [6, 6.07) is 0. The molecular weight excluding hydrogens is 146 g/mol. The minimum absolute atomic E-state index is 0.0439. The van der Waals surface area contributed by atoms with Crippen LogP contribution in [0.3, 0.4) is 0 Å². The Kier molecular flexibility index (Phi) is 1.83. The molecule has 1 rings (SSSR count). The van der Waals surface area contributed by atoms with Crippen molar-refractivity contribution >= 4 is 14.2 Å². The molecule has 0 radical (unpaired) electrons. The maximum Gasteiger partial charge on any atom is 0.249 e. The Labute approximate surface area is 61.9 Å². The molecule has 0 aromatic carbocycles. The summed E-state index contributed by atoms with van der Waals surface area (Å²) >= 11 is 0. The lowest BCUT2D eigenvalue weighted by atomic mass is 10.2. The van der Waals surface area contributed by atoms with Crippen LogP contribution in [0.1, 0.15) is 0 Å². The van der Waals surface area contributed by atoms with Gasteiger partial charge < -0.3 is 9.74 Å². The van der Waals surface area contributed by atoms with Crippen LogP contribution < -0.4 is 5.32 Å². The highest BCUT2D eigenvalue weighted by atomic mass is 28.4. The van der Waals surface area contributed by atoms with E-state index < -0.39 is 8.32 Å². The Balaban J connectivity index is 2.32. The Bertz CT molecular complexity index is 152. The summed E-state index contributed by atoms with van der Waals surface area (Å²) in [5, 5.41) is 2.64. The number of amides is 1. The lowest BCUT2D eigenvalue weighted by molar-refractivity contribution is -0.135. The standard InChI is InChI=1S/C6H13NO2Si/c1-10(2,3)9-5-4-7-6(5)8/h5H,4H2,1-3H3,(H,7,8). The van der Waals surface area contributed by atoms with Crippen molar-refractivity contribution in [2.45, 2.75) is 25.7 Å². The molecule has 0 bridgehead atoms. The molecule has 1 N–H and O–H groups in total. The SMILES string of the molecule is C[Si](C)(C)OC1CNC1=O. The third-order valence-corrected chi connectivity index (χ3v) is 2.24. The van der Waals surface area contributed by atoms with Crippen molar-refractivity contribution in [2.24, 2.45) is 0 Å². The van der Waals surface area contributed by atoms with Crippen LogP contribution in [0, 0.1) is 0 Å². The predicted octanol–water partition coefficient (Wildman–Crippen LogP) is 0.336. The molecule has 0 aliphatic carbocycles. The highest BCUT2D eigenvalue weighted by molar-refractivity contribution is 6.69. The zero-order valence-electron chi connectivity index (χ0n) is 6.60. The molecule has 1 fully saturated rings. The van der Waals surface area contributed by atoms with E-state index in [0.29, 0.717) is 6.54 Å². The average molecular weight is 159 g/mol. The van der Waals surface area contributed by atoms with Gasteiger partial charge in [0.25, 0.3) is 0 Å². The normalized spacial score (nSPS) is 25.5. The van der Waals surface area contributed by atoms with Crippen molar-refractivity contribution in [2.75, 3.05) is 6.54 Å². The first kappa shape index (κ1) is 7.75. The van der Waals surface area contributed by atoms with Gasteiger partial charge in [-0.05, 0) is 19.6 Å². The first-order valence-electron chi connectivity index (χ1n) is 3.44. The van der Waals surface area contributed by atoms with Crippen molar-refractivity contribution in [1.29, 1.82) is 0 Å². The fourth-order valence-corrected chi connectivity index (χ4v) is 1.83. The molecule has 58 valence electrons. The van der Waals surface area contributed by atoms with E-state index in [2.05, 4.69) is 25.0 Å². The molecule has 4 heteroatoms. The zero-order valence-corrected chi connectivity index (χ0v) is 7.60. The molecule has 1 amide bonds. The van der Waals surface area contributed by atoms with Gasteiger partial charge in [0.2, 0.25) is 5.91 Å². The summed E-state index contributed by atoms with van der Waals surface area (Å²) in [7, 11) is -1.49. The van der Waals surface area contributed by atoms with Gasteiger partial charge in [0.15, 0.2) is 8.32 Å². The molecule has 0 spiro atoms. The molecule has 0 aromatic heterocycles. The van der Waals surface area contributed by atoms with Gasteiger partial charge in [-0.2, -0.15) is 0 Å². The Morgan fingerprint density at radius 2 is 2.20 bits per heavy atom. The minimum atomic E-state index is -1.49. The van der Waals surface area contributed by atoms with E-state index in [1.165, 1.54) is 0 Å². The second kappa shape index (κ2) is 2.36. The molecule has 1 aliphatic heterocycles. The molecule has 0 aromatic rings. The van der Waals surface area contributed by atoms with Gasteiger partial charge >= 0.3 is 0 Å². The molecule has 10 heavy (non-hydrogen) atoms. The molecule has 1 aliphatic rings. The van der Waals surface area contributed by atoms with E-state index in [1.807, 2.05) is 0 Å². The third kappa shape index (κ3) is 1.81. The van der Waals surface area contributed by atoms with Crippen LogP contribution >= 0.6 is 0 Å². The molecule has 0 saturated carbocycles. The van der Waals surface area contributed by atoms with E-state index in [0.717, 1.165) is 0 Å². The largest absolute Gasteiger partial charge is 0.404 e. The Morgan fingerprint density at radius 1 is 1.60 bits per heavy atom. The number of rotatable bonds is 2. The number of nitrogens with one attached hydrogen (secondary N) is 1. The first-order valence-corrected chi connectivity index (χ1v) is 6.85. The molecule has 1 atom stereocenters. The van der Waals surface area contributed by atoms with Crippen LogP contribution in [-0.2, 0) is 9.22 Å². The van der Waals surface area contributed by atoms with Crippen molar-refractivity contribution in [3.63, 3.8) is 0 Å². The summed E-state index contributed by atoms with van der Waals surface area (Å²) in [4.78, 5) is 10.7. The summed E-state index contributed by atoms with van der Waals surface area (Å²) in [5.41, 5.74) is 0. The van der Waals surface area contributed by atoms with E-state index in [-0.39, 0.29) is 12.0 Å². The third-order valence-electron chi connectivity index (χ3n) is 1.25. The maximum atomic E-state index is 10.7. The van der Waals surface area contributed by atoms with Crippen LogP contribution in [0.15, 0.2) is 0 Å². The smallest absolute Gasteiger partial charge is 0.249 e. The maximum absolute atomic E-state index is 10.7. The van der Waals surface area contributed by atoms with Gasteiger partial charge in [-0.1, -0.05) is 0 Å². The number of carbonyl (C=O) groups excluding carboxylic acids is 1. The van der Waals surface area contributed by atoms with Gasteiger partial charge in [-0.3, -0.25) is 4.79 Å². The fourth-order valence-electron chi connectivity index (χ4n) is 0.791. The van der Waals surface area contributed by atoms with Gasteiger partial charge in [-0.15, -0.1) is 0 Å². The molecule has 1 saturated heterocycles. The van der Waals surface area contributed by atoms with E-state index >= 15 is 0 Å². The second-order valence-electron chi connectivity index (χ2n) is 3.46. The Morgan fingerprint density at radius 3 is 2.30 bits per heavy atom. The monoisotopic (exact) mass is 159 g/mol. The second-order valence-corrected chi connectivity index (χ2v) is 7.92. The quantitative estimate of drug-likeness (QED) is 0.466. The van der Waals surface area contributed by atoms with Gasteiger partial charge in [0.05, 0.1) is 6.54 Å². The Hall–Kier alpha value is -0.353. The van der Waals surface area contributed by atoms with Crippen LogP contribution in [-0.4, -0.2) is 26.9 Å². The molecule has 1 heterocycles. The van der Waals surface area contributed by atoms with Crippen LogP contribution in [0.25, 0.3) is 0 Å². The first-order chi connectivity index (χ1) is 4.49. The summed E-state index contributed by atoms with van der Waals surface area (Å²) < 4.78 is 5.51. The molecular formula is C6H13NO2Si. The van der Waals surface area contributed by atoms with Crippen LogP contribution in [0.5, 0.6) is 0 Å². The zero-order chi connectivity index (χ0) is 7.78. The number of β-lactam (4-membered cyclic amide) rings is 1. The van der Waals surface area contributed by atoms with E-state index in [1.54, 1.807) is 0 Å². The van der Waals surface area contributed by atoms with Gasteiger partial charge in [0, 0.05) is 0 Å². The van der Waals surface area contributed by atoms with Crippen LogP contribution in [0.2, 0.25) is 19.6 Å². The summed E-state index contributed by atoms with van der Waals surface area (Å²) in [6.07, 6.45) is -0.147. The summed E-state index contributed by atoms with van der Waals surface area (Å²) in [5.74, 6) is 0.0439. The van der Waals surface area contributed by atoms with Crippen molar-refractivity contribution in [3.8, 4) is 0 Å². The van der Waals surface area contributed by atoms with E-state index in [4.69, 9.17) is 4.43 Å². The minimum Gasteiger partial charge on any atom is -0.404 e. The lowest BCUT2D eigenvalue weighted by Gasteiger charge is -2.31. The van der Waals surface area contributed by atoms with Crippen molar-refractivity contribution in [3.05, 3.63) is 0 Å². The van der Waals surface area contributed by atoms with E-state index in [9.17, 15) is 4.79 Å². The van der Waals surface area contributed by atoms with Crippen LogP contribution in [0.4, 0.5) is 0 Å². The van der Waals surface area contributed by atoms with Crippen molar-refractivity contribution < 1.29 is 9.22 Å². The topological polar surface area (TPSA) is 38.3 Å².